The van der Waals surface area contributed by atoms with Crippen LogP contribution in [0.4, 0.5) is 62.6 Å². The molecule has 7 aliphatic heterocycles. The monoisotopic (exact) mass is 784 g/mol. The van der Waals surface area contributed by atoms with Gasteiger partial charge < -0.3 is 24.2 Å². The Morgan fingerprint density at radius 1 is 0.323 bits per heavy atom. The molecule has 5 nitrogen and oxygen atoms in total. The molecule has 0 atom stereocenters. The molecule has 9 aromatic rings. The molecule has 282 valence electrons. The molecule has 16 rings (SSSR count). The van der Waals surface area contributed by atoms with E-state index in [1.165, 1.54) is 112 Å². The van der Waals surface area contributed by atoms with Crippen LogP contribution in [0.25, 0.3) is 11.1 Å². The number of rotatable bonds is 1. The lowest BCUT2D eigenvalue weighted by molar-refractivity contribution is 0.488. The normalized spacial score (nSPS) is 15.0. The van der Waals surface area contributed by atoms with Gasteiger partial charge in [0.1, 0.15) is 11.5 Å². The lowest BCUT2D eigenvalue weighted by atomic mass is 9.31. The number of benzene rings is 9. The highest BCUT2D eigenvalue weighted by atomic mass is 16.5. The number of fused-ring (bicyclic) bond motifs is 18. The van der Waals surface area contributed by atoms with Gasteiger partial charge in [-0.05, 0) is 116 Å². The van der Waals surface area contributed by atoms with Gasteiger partial charge in [0.2, 0.25) is 0 Å². The molecule has 0 amide bonds. The van der Waals surface area contributed by atoms with Crippen LogP contribution in [0, 0.1) is 0 Å². The van der Waals surface area contributed by atoms with Crippen molar-refractivity contribution in [1.82, 2.24) is 0 Å². The molecule has 7 heterocycles. The molecule has 0 fully saturated rings. The van der Waals surface area contributed by atoms with Gasteiger partial charge in [0, 0.05) is 45.4 Å². The standard InChI is InChI=1S/C54H31B3N4O/c1-2-16-32(17-3-1)58-40-23-9-4-18-35(40)55-36-19-5-10-24-41(36)59-43-26-12-7-21-38(43)57-49-33(30-46(58)50(55)53(49)59)34-31-48-51-54-52(34)61(57)45-28-14-13-27-44(45)60(54)42-25-11-6-20-37(42)56(51)39-22-8-15-29-47(39)62-48/h1-31H. The molecule has 0 aromatic heterocycles. The molecule has 0 bridgehead atoms. The van der Waals surface area contributed by atoms with Crippen molar-refractivity contribution in [3.8, 4) is 22.6 Å². The highest BCUT2D eigenvalue weighted by Crippen LogP contribution is 2.60. The average molecular weight is 784 g/mol. The lowest BCUT2D eigenvalue weighted by Gasteiger charge is -2.54. The fourth-order valence-electron chi connectivity index (χ4n) is 12.6. The van der Waals surface area contributed by atoms with Gasteiger partial charge in [-0.25, -0.2) is 0 Å². The first kappa shape index (κ1) is 32.0. The number of hydrogen-bond donors (Lipinski definition) is 0. The second kappa shape index (κ2) is 11.1. The molecule has 0 spiro atoms. The van der Waals surface area contributed by atoms with Gasteiger partial charge in [-0.3, -0.25) is 0 Å². The topological polar surface area (TPSA) is 22.2 Å². The summed E-state index contributed by atoms with van der Waals surface area (Å²) in [5.41, 5.74) is 26.3. The van der Waals surface area contributed by atoms with Crippen LogP contribution in [0.15, 0.2) is 188 Å². The van der Waals surface area contributed by atoms with E-state index in [0.29, 0.717) is 0 Å². The van der Waals surface area contributed by atoms with Crippen LogP contribution in [-0.2, 0) is 0 Å². The van der Waals surface area contributed by atoms with Gasteiger partial charge in [0.25, 0.3) is 13.4 Å². The number of nitrogens with zero attached hydrogens (tertiary/aromatic N) is 4. The lowest BCUT2D eigenvalue weighted by Crippen LogP contribution is -2.69. The Labute approximate surface area is 359 Å². The predicted molar refractivity (Wildman–Crippen MR) is 259 cm³/mol. The number of ether oxygens (including phenoxy) is 1. The van der Waals surface area contributed by atoms with Gasteiger partial charge in [-0.15, -0.1) is 0 Å². The van der Waals surface area contributed by atoms with Gasteiger partial charge in [0.15, 0.2) is 0 Å². The van der Waals surface area contributed by atoms with Crippen LogP contribution in [0.5, 0.6) is 11.5 Å². The maximum Gasteiger partial charge on any atom is 0.333 e. The SMILES string of the molecule is c1ccc(N2c3ccccc3B3c4ccccc4N4c5ccccc5B5c6c(cc2c3c64)-c2cc3c4c6c2N5c2ccccc2N6c2ccccc2B4c2ccccc2O3)cc1. The zero-order valence-electron chi connectivity index (χ0n) is 33.3. The summed E-state index contributed by atoms with van der Waals surface area (Å²) >= 11 is 0. The molecule has 9 aromatic carbocycles. The van der Waals surface area contributed by atoms with E-state index in [0.717, 1.165) is 17.2 Å². The summed E-state index contributed by atoms with van der Waals surface area (Å²) in [7, 11) is 0. The van der Waals surface area contributed by atoms with E-state index in [-0.39, 0.29) is 20.3 Å². The van der Waals surface area contributed by atoms with Crippen molar-refractivity contribution >= 4 is 127 Å². The summed E-state index contributed by atoms with van der Waals surface area (Å²) in [6.45, 7) is -0.0203. The van der Waals surface area contributed by atoms with Crippen LogP contribution >= 0.6 is 0 Å². The minimum absolute atomic E-state index is 0.0253. The largest absolute Gasteiger partial charge is 0.458 e. The van der Waals surface area contributed by atoms with E-state index in [4.69, 9.17) is 4.74 Å². The third kappa shape index (κ3) is 3.62. The Bertz CT molecular complexity index is 3530. The minimum Gasteiger partial charge on any atom is -0.458 e. The Hall–Kier alpha value is -7.83. The summed E-state index contributed by atoms with van der Waals surface area (Å²) in [6, 6.07) is 70.1. The minimum atomic E-state index is -0.0940. The van der Waals surface area contributed by atoms with Crippen molar-refractivity contribution in [2.75, 3.05) is 19.5 Å². The zero-order valence-corrected chi connectivity index (χ0v) is 33.3. The maximum atomic E-state index is 7.15. The van der Waals surface area contributed by atoms with Crippen LogP contribution in [0.2, 0.25) is 0 Å². The third-order valence-corrected chi connectivity index (χ3v) is 14.7. The molecule has 0 unspecified atom stereocenters. The fraction of sp³-hybridized carbons (Fsp3) is 0. The first-order valence-electron chi connectivity index (χ1n) is 21.7. The molecular formula is C54H31B3N4O. The first-order chi connectivity index (χ1) is 30.8. The number of hydrogen-bond acceptors (Lipinski definition) is 5. The first-order valence-corrected chi connectivity index (χ1v) is 21.7. The van der Waals surface area contributed by atoms with Crippen LogP contribution in [-0.4, -0.2) is 20.3 Å². The van der Waals surface area contributed by atoms with Crippen molar-refractivity contribution in [3.05, 3.63) is 188 Å². The fourth-order valence-corrected chi connectivity index (χ4v) is 12.6. The quantitative estimate of drug-likeness (QED) is 0.159. The molecule has 8 heteroatoms. The molecule has 0 N–H and O–H groups in total. The predicted octanol–water partition coefficient (Wildman–Crippen LogP) is 7.73. The second-order valence-electron chi connectivity index (χ2n) is 17.5. The van der Waals surface area contributed by atoms with Crippen molar-refractivity contribution in [2.24, 2.45) is 0 Å². The van der Waals surface area contributed by atoms with Crippen LogP contribution in [0.3, 0.4) is 0 Å². The summed E-state index contributed by atoms with van der Waals surface area (Å²) in [5.74, 6) is 1.86. The smallest absolute Gasteiger partial charge is 0.333 e. The Morgan fingerprint density at radius 3 is 1.53 bits per heavy atom. The Kier molecular flexibility index (Phi) is 5.73. The zero-order chi connectivity index (χ0) is 39.9. The average Bonchev–Trinajstić information content (AvgIpc) is 3.34. The van der Waals surface area contributed by atoms with Crippen molar-refractivity contribution in [3.63, 3.8) is 0 Å². The third-order valence-electron chi connectivity index (χ3n) is 14.7. The molecule has 62 heavy (non-hydrogen) atoms. The second-order valence-corrected chi connectivity index (χ2v) is 17.5. The summed E-state index contributed by atoms with van der Waals surface area (Å²) in [6.07, 6.45) is 0. The van der Waals surface area contributed by atoms with Crippen molar-refractivity contribution in [2.45, 2.75) is 0 Å². The van der Waals surface area contributed by atoms with Gasteiger partial charge >= 0.3 is 6.85 Å². The van der Waals surface area contributed by atoms with Gasteiger partial charge in [0.05, 0.1) is 22.7 Å². The Balaban J connectivity index is 1.11. The summed E-state index contributed by atoms with van der Waals surface area (Å²) < 4.78 is 7.15. The maximum absolute atomic E-state index is 7.15. The number of anilines is 11. The van der Waals surface area contributed by atoms with E-state index < -0.39 is 0 Å². The highest BCUT2D eigenvalue weighted by molar-refractivity contribution is 7.03. The van der Waals surface area contributed by atoms with E-state index in [1.807, 2.05) is 0 Å². The van der Waals surface area contributed by atoms with Gasteiger partial charge in [-0.2, -0.15) is 0 Å². The number of para-hydroxylation sites is 8. The molecule has 0 saturated carbocycles. The highest BCUT2D eigenvalue weighted by Gasteiger charge is 2.56. The molecule has 0 aliphatic carbocycles. The van der Waals surface area contributed by atoms with E-state index >= 15 is 0 Å². The van der Waals surface area contributed by atoms with Crippen molar-refractivity contribution in [1.29, 1.82) is 0 Å². The molecule has 0 saturated heterocycles. The molecular weight excluding hydrogens is 753 g/mol. The summed E-state index contributed by atoms with van der Waals surface area (Å²) in [4.78, 5) is 10.4. The molecule has 7 aliphatic rings. The van der Waals surface area contributed by atoms with Gasteiger partial charge in [-0.1, -0.05) is 121 Å². The van der Waals surface area contributed by atoms with Crippen molar-refractivity contribution < 1.29 is 4.74 Å². The van der Waals surface area contributed by atoms with Crippen LogP contribution in [0.1, 0.15) is 0 Å². The van der Waals surface area contributed by atoms with E-state index in [1.54, 1.807) is 0 Å². The van der Waals surface area contributed by atoms with E-state index in [9.17, 15) is 0 Å². The van der Waals surface area contributed by atoms with Crippen LogP contribution < -0.4 is 67.9 Å². The molecule has 0 radical (unpaired) electrons. The van der Waals surface area contributed by atoms with E-state index in [2.05, 4.69) is 208 Å². The Morgan fingerprint density at radius 2 is 0.839 bits per heavy atom. The summed E-state index contributed by atoms with van der Waals surface area (Å²) in [5, 5.41) is 0.